The van der Waals surface area contributed by atoms with Gasteiger partial charge in [-0.3, -0.25) is 0 Å². The summed E-state index contributed by atoms with van der Waals surface area (Å²) in [5.74, 6) is 1.47. The van der Waals surface area contributed by atoms with Crippen molar-refractivity contribution in [3.63, 3.8) is 0 Å². The number of halogens is 2. The normalized spacial score (nSPS) is 10.2. The van der Waals surface area contributed by atoms with Crippen LogP contribution in [0.2, 0.25) is 0 Å². The highest BCUT2D eigenvalue weighted by molar-refractivity contribution is 9.10. The van der Waals surface area contributed by atoms with Crippen LogP contribution in [0.25, 0.3) is 0 Å². The Morgan fingerprint density at radius 1 is 1.09 bits per heavy atom. The Morgan fingerprint density at radius 2 is 1.82 bits per heavy atom. The van der Waals surface area contributed by atoms with Gasteiger partial charge in [-0.2, -0.15) is 0 Å². The quantitative estimate of drug-likeness (QED) is 0.569. The number of hydrogen-bond acceptors (Lipinski definition) is 4. The van der Waals surface area contributed by atoms with E-state index in [1.807, 2.05) is 12.1 Å². The number of methoxy groups -OCH3 is 2. The standard InChI is InChI=1S/C16H26BrNO3.ClH/c1-4-5-8-21-9-6-7-18-12-13-10-14(17)16(20-3)15(11-13)19-2;/h10-11,18H,4-9,12H2,1-3H3;1H. The summed E-state index contributed by atoms with van der Waals surface area (Å²) in [6.45, 7) is 5.61. The zero-order valence-corrected chi connectivity index (χ0v) is 16.0. The van der Waals surface area contributed by atoms with Crippen molar-refractivity contribution >= 4 is 28.3 Å². The van der Waals surface area contributed by atoms with E-state index in [-0.39, 0.29) is 12.4 Å². The van der Waals surface area contributed by atoms with Crippen LogP contribution in [0, 0.1) is 0 Å². The first-order valence-corrected chi connectivity index (χ1v) is 8.21. The fourth-order valence-corrected chi connectivity index (χ4v) is 2.61. The summed E-state index contributed by atoms with van der Waals surface area (Å²) in [5.41, 5.74) is 1.16. The highest BCUT2D eigenvalue weighted by Gasteiger charge is 2.10. The molecule has 0 saturated heterocycles. The third-order valence-corrected chi connectivity index (χ3v) is 3.70. The lowest BCUT2D eigenvalue weighted by atomic mass is 10.2. The number of hydrogen-bond donors (Lipinski definition) is 1. The molecule has 1 N–H and O–H groups in total. The molecule has 0 aromatic heterocycles. The van der Waals surface area contributed by atoms with Crippen molar-refractivity contribution in [2.75, 3.05) is 34.0 Å². The minimum Gasteiger partial charge on any atom is -0.493 e. The van der Waals surface area contributed by atoms with Crippen molar-refractivity contribution in [2.24, 2.45) is 0 Å². The third kappa shape index (κ3) is 7.68. The van der Waals surface area contributed by atoms with Crippen LogP contribution in [-0.2, 0) is 11.3 Å². The predicted octanol–water partition coefficient (Wildman–Crippen LogP) is 4.18. The minimum atomic E-state index is 0. The van der Waals surface area contributed by atoms with Gasteiger partial charge in [0, 0.05) is 19.8 Å². The second kappa shape index (κ2) is 13.0. The molecule has 1 rings (SSSR count). The van der Waals surface area contributed by atoms with E-state index in [0.717, 1.165) is 60.7 Å². The first-order valence-electron chi connectivity index (χ1n) is 7.41. The van der Waals surface area contributed by atoms with Gasteiger partial charge in [-0.05, 0) is 53.0 Å². The molecule has 0 unspecified atom stereocenters. The van der Waals surface area contributed by atoms with Crippen LogP contribution in [0.15, 0.2) is 16.6 Å². The first kappa shape index (κ1) is 21.5. The molecule has 0 heterocycles. The SMILES string of the molecule is CCCCOCCCNCc1cc(Br)c(OC)c(OC)c1.Cl. The molecule has 22 heavy (non-hydrogen) atoms. The van der Waals surface area contributed by atoms with Crippen molar-refractivity contribution in [3.8, 4) is 11.5 Å². The molecule has 0 amide bonds. The second-order valence-electron chi connectivity index (χ2n) is 4.81. The maximum absolute atomic E-state index is 5.53. The average Bonchev–Trinajstić information content (AvgIpc) is 2.49. The summed E-state index contributed by atoms with van der Waals surface area (Å²) < 4.78 is 17.1. The maximum atomic E-state index is 5.53. The Morgan fingerprint density at radius 3 is 2.45 bits per heavy atom. The lowest BCUT2D eigenvalue weighted by Gasteiger charge is -2.12. The number of unbranched alkanes of at least 4 members (excludes halogenated alkanes) is 1. The zero-order chi connectivity index (χ0) is 15.5. The Kier molecular flexibility index (Phi) is 12.7. The third-order valence-electron chi connectivity index (χ3n) is 3.11. The van der Waals surface area contributed by atoms with E-state index >= 15 is 0 Å². The molecular formula is C16H27BrClNO3. The van der Waals surface area contributed by atoms with Crippen LogP contribution in [0.5, 0.6) is 11.5 Å². The van der Waals surface area contributed by atoms with Gasteiger partial charge < -0.3 is 19.5 Å². The lowest BCUT2D eigenvalue weighted by Crippen LogP contribution is -2.16. The second-order valence-corrected chi connectivity index (χ2v) is 5.66. The molecule has 1 aromatic carbocycles. The monoisotopic (exact) mass is 395 g/mol. The van der Waals surface area contributed by atoms with E-state index in [4.69, 9.17) is 14.2 Å². The molecule has 0 atom stereocenters. The average molecular weight is 397 g/mol. The van der Waals surface area contributed by atoms with Crippen molar-refractivity contribution in [1.29, 1.82) is 0 Å². The first-order chi connectivity index (χ1) is 10.2. The van der Waals surface area contributed by atoms with Gasteiger partial charge in [-0.1, -0.05) is 13.3 Å². The fourth-order valence-electron chi connectivity index (χ4n) is 1.95. The molecule has 0 aliphatic heterocycles. The van der Waals surface area contributed by atoms with Crippen molar-refractivity contribution in [2.45, 2.75) is 32.7 Å². The van der Waals surface area contributed by atoms with Crippen molar-refractivity contribution in [1.82, 2.24) is 5.32 Å². The molecule has 0 radical (unpaired) electrons. The highest BCUT2D eigenvalue weighted by Crippen LogP contribution is 2.36. The van der Waals surface area contributed by atoms with Crippen LogP contribution in [0.1, 0.15) is 31.7 Å². The smallest absolute Gasteiger partial charge is 0.174 e. The summed E-state index contributed by atoms with van der Waals surface area (Å²) >= 11 is 3.50. The molecule has 0 spiro atoms. The zero-order valence-electron chi connectivity index (χ0n) is 13.6. The Hall–Kier alpha value is -0.490. The van der Waals surface area contributed by atoms with E-state index in [0.29, 0.717) is 0 Å². The number of ether oxygens (including phenoxy) is 3. The van der Waals surface area contributed by atoms with Gasteiger partial charge in [0.25, 0.3) is 0 Å². The van der Waals surface area contributed by atoms with Crippen LogP contribution >= 0.6 is 28.3 Å². The summed E-state index contributed by atoms with van der Waals surface area (Å²) in [6, 6.07) is 4.04. The van der Waals surface area contributed by atoms with E-state index in [1.165, 1.54) is 6.42 Å². The molecule has 0 bridgehead atoms. The summed E-state index contributed by atoms with van der Waals surface area (Å²) in [5, 5.41) is 3.41. The van der Waals surface area contributed by atoms with E-state index in [9.17, 15) is 0 Å². The van der Waals surface area contributed by atoms with E-state index in [1.54, 1.807) is 14.2 Å². The van der Waals surface area contributed by atoms with Gasteiger partial charge in [0.05, 0.1) is 18.7 Å². The number of nitrogens with one attached hydrogen (secondary N) is 1. The van der Waals surface area contributed by atoms with Gasteiger partial charge in [0.2, 0.25) is 0 Å². The summed E-state index contributed by atoms with van der Waals surface area (Å²) in [6.07, 6.45) is 3.36. The maximum Gasteiger partial charge on any atom is 0.174 e. The summed E-state index contributed by atoms with van der Waals surface area (Å²) in [7, 11) is 3.29. The molecule has 0 saturated carbocycles. The fraction of sp³-hybridized carbons (Fsp3) is 0.625. The van der Waals surface area contributed by atoms with Crippen LogP contribution < -0.4 is 14.8 Å². The molecule has 128 valence electrons. The molecular weight excluding hydrogens is 370 g/mol. The Labute approximate surface area is 148 Å². The number of rotatable bonds is 11. The van der Waals surface area contributed by atoms with Gasteiger partial charge in [0.15, 0.2) is 11.5 Å². The Bertz CT molecular complexity index is 419. The molecule has 4 nitrogen and oxygen atoms in total. The van der Waals surface area contributed by atoms with Crippen LogP contribution in [0.4, 0.5) is 0 Å². The van der Waals surface area contributed by atoms with Gasteiger partial charge in [-0.25, -0.2) is 0 Å². The topological polar surface area (TPSA) is 39.7 Å². The van der Waals surface area contributed by atoms with Crippen LogP contribution in [-0.4, -0.2) is 34.0 Å². The highest BCUT2D eigenvalue weighted by atomic mass is 79.9. The molecule has 0 aliphatic carbocycles. The van der Waals surface area contributed by atoms with E-state index < -0.39 is 0 Å². The van der Waals surface area contributed by atoms with Gasteiger partial charge in [0.1, 0.15) is 0 Å². The summed E-state index contributed by atoms with van der Waals surface area (Å²) in [4.78, 5) is 0. The lowest BCUT2D eigenvalue weighted by molar-refractivity contribution is 0.129. The molecule has 6 heteroatoms. The Balaban J connectivity index is 0.00000441. The van der Waals surface area contributed by atoms with Crippen LogP contribution in [0.3, 0.4) is 0 Å². The van der Waals surface area contributed by atoms with Gasteiger partial charge in [-0.15, -0.1) is 12.4 Å². The van der Waals surface area contributed by atoms with Crippen molar-refractivity contribution < 1.29 is 14.2 Å². The minimum absolute atomic E-state index is 0. The molecule has 0 aliphatic rings. The van der Waals surface area contributed by atoms with Crippen molar-refractivity contribution in [3.05, 3.63) is 22.2 Å². The number of benzene rings is 1. The molecule has 1 aromatic rings. The molecule has 0 fully saturated rings. The van der Waals surface area contributed by atoms with Gasteiger partial charge >= 0.3 is 0 Å². The van der Waals surface area contributed by atoms with E-state index in [2.05, 4.69) is 28.2 Å². The largest absolute Gasteiger partial charge is 0.493 e. The predicted molar refractivity (Wildman–Crippen MR) is 96.5 cm³/mol.